The van der Waals surface area contributed by atoms with Crippen LogP contribution in [0.1, 0.15) is 13.8 Å². The summed E-state index contributed by atoms with van der Waals surface area (Å²) in [5.41, 5.74) is 3.95. The van der Waals surface area contributed by atoms with Gasteiger partial charge in [-0.1, -0.05) is 13.8 Å². The molecule has 1 amide bonds. The summed E-state index contributed by atoms with van der Waals surface area (Å²) in [6, 6.07) is -0.212. The number of hydrogen-bond donors (Lipinski definition) is 1. The minimum absolute atomic E-state index is 0.0792. The van der Waals surface area contributed by atoms with E-state index < -0.39 is 0 Å². The molecule has 3 N–H and O–H groups in total. The van der Waals surface area contributed by atoms with E-state index in [4.69, 9.17) is 14.2 Å². The van der Waals surface area contributed by atoms with Crippen LogP contribution in [0.25, 0.3) is 0 Å². The van der Waals surface area contributed by atoms with E-state index in [1.54, 1.807) is 4.90 Å². The van der Waals surface area contributed by atoms with Gasteiger partial charge in [-0.05, 0) is 0 Å². The summed E-state index contributed by atoms with van der Waals surface area (Å²) in [5, 5.41) is 0. The Balaban J connectivity index is 2.48. The second-order valence-electron chi connectivity index (χ2n) is 5.01. The number of nitrogens with zero attached hydrogens (tertiary/aromatic N) is 1. The zero-order valence-corrected chi connectivity index (χ0v) is 12.1. The van der Waals surface area contributed by atoms with E-state index in [1.165, 1.54) is 0 Å². The molecule has 112 valence electrons. The quantitative estimate of drug-likeness (QED) is 0.712. The van der Waals surface area contributed by atoms with Crippen LogP contribution in [0.4, 0.5) is 0 Å². The van der Waals surface area contributed by atoms with Crippen LogP contribution in [0.5, 0.6) is 0 Å². The fourth-order valence-electron chi connectivity index (χ4n) is 1.74. The maximum atomic E-state index is 12.3. The second-order valence-corrected chi connectivity index (χ2v) is 5.01. The van der Waals surface area contributed by atoms with Crippen LogP contribution in [-0.4, -0.2) is 69.6 Å². The van der Waals surface area contributed by atoms with E-state index in [2.05, 4.69) is 5.73 Å². The van der Waals surface area contributed by atoms with Gasteiger partial charge in [0, 0.05) is 19.0 Å². The summed E-state index contributed by atoms with van der Waals surface area (Å²) in [6.45, 7) is 8.50. The largest absolute Gasteiger partial charge is 0.377 e. The van der Waals surface area contributed by atoms with Crippen molar-refractivity contribution in [2.24, 2.45) is 5.92 Å². The molecule has 1 heterocycles. The molecule has 6 nitrogen and oxygen atoms in total. The van der Waals surface area contributed by atoms with Gasteiger partial charge in [0.15, 0.2) is 6.04 Å². The molecule has 1 atom stereocenters. The van der Waals surface area contributed by atoms with E-state index in [0.717, 1.165) is 0 Å². The Morgan fingerprint density at radius 2 is 1.37 bits per heavy atom. The SMILES string of the molecule is CC(C)C([NH3+])C(=O)N1CCOCCOCCOCC1. The zero-order valence-electron chi connectivity index (χ0n) is 12.1. The van der Waals surface area contributed by atoms with Gasteiger partial charge in [-0.15, -0.1) is 0 Å². The van der Waals surface area contributed by atoms with Crippen LogP contribution >= 0.6 is 0 Å². The van der Waals surface area contributed by atoms with Crippen molar-refractivity contribution < 1.29 is 24.7 Å². The van der Waals surface area contributed by atoms with Gasteiger partial charge >= 0.3 is 0 Å². The molecule has 1 aliphatic heterocycles. The molecule has 0 aliphatic carbocycles. The molecule has 0 spiro atoms. The highest BCUT2D eigenvalue weighted by atomic mass is 16.5. The fourth-order valence-corrected chi connectivity index (χ4v) is 1.74. The van der Waals surface area contributed by atoms with Crippen molar-refractivity contribution in [2.45, 2.75) is 19.9 Å². The highest BCUT2D eigenvalue weighted by molar-refractivity contribution is 5.80. The van der Waals surface area contributed by atoms with Crippen LogP contribution in [0.3, 0.4) is 0 Å². The molecule has 0 bridgehead atoms. The van der Waals surface area contributed by atoms with Crippen LogP contribution in [0.15, 0.2) is 0 Å². The van der Waals surface area contributed by atoms with Crippen molar-refractivity contribution >= 4 is 5.91 Å². The predicted molar refractivity (Wildman–Crippen MR) is 70.6 cm³/mol. The monoisotopic (exact) mass is 275 g/mol. The summed E-state index contributed by atoms with van der Waals surface area (Å²) in [6.07, 6.45) is 0. The van der Waals surface area contributed by atoms with Crippen LogP contribution in [0.2, 0.25) is 0 Å². The van der Waals surface area contributed by atoms with Gasteiger partial charge < -0.3 is 24.8 Å². The maximum absolute atomic E-state index is 12.3. The summed E-state index contributed by atoms with van der Waals surface area (Å²) >= 11 is 0. The molecule has 1 unspecified atom stereocenters. The Kier molecular flexibility index (Phi) is 7.97. The van der Waals surface area contributed by atoms with Crippen LogP contribution in [0, 0.1) is 5.92 Å². The summed E-state index contributed by atoms with van der Waals surface area (Å²) < 4.78 is 16.2. The molecule has 0 aromatic rings. The Morgan fingerprint density at radius 1 is 0.947 bits per heavy atom. The number of amides is 1. The number of carbonyl (C=O) groups excluding carboxylic acids is 1. The number of hydrogen-bond acceptors (Lipinski definition) is 4. The molecule has 0 saturated carbocycles. The number of quaternary nitrogens is 1. The third kappa shape index (κ3) is 6.33. The van der Waals surface area contributed by atoms with Gasteiger partial charge in [0.2, 0.25) is 0 Å². The fraction of sp³-hybridized carbons (Fsp3) is 0.923. The lowest BCUT2D eigenvalue weighted by molar-refractivity contribution is -0.416. The van der Waals surface area contributed by atoms with E-state index in [1.807, 2.05) is 13.8 Å². The first-order valence-electron chi connectivity index (χ1n) is 6.98. The lowest BCUT2D eigenvalue weighted by Gasteiger charge is -2.26. The summed E-state index contributed by atoms with van der Waals surface area (Å²) in [7, 11) is 0. The van der Waals surface area contributed by atoms with Gasteiger partial charge in [0.05, 0.1) is 39.6 Å². The smallest absolute Gasteiger partial charge is 0.281 e. The first-order chi connectivity index (χ1) is 9.13. The molecule has 0 aromatic heterocycles. The Labute approximate surface area is 115 Å². The van der Waals surface area contributed by atoms with Crippen molar-refractivity contribution in [2.75, 3.05) is 52.7 Å². The third-order valence-corrected chi connectivity index (χ3v) is 3.19. The van der Waals surface area contributed by atoms with Crippen LogP contribution in [-0.2, 0) is 19.0 Å². The molecule has 1 rings (SSSR count). The van der Waals surface area contributed by atoms with E-state index in [-0.39, 0.29) is 17.9 Å². The van der Waals surface area contributed by atoms with Gasteiger partial charge in [-0.25, -0.2) is 0 Å². The molecule has 19 heavy (non-hydrogen) atoms. The number of rotatable bonds is 2. The second kappa shape index (κ2) is 9.25. The minimum atomic E-state index is -0.212. The molecule has 1 aliphatic rings. The van der Waals surface area contributed by atoms with Gasteiger partial charge in [0.1, 0.15) is 0 Å². The number of ether oxygens (including phenoxy) is 3. The van der Waals surface area contributed by atoms with Gasteiger partial charge in [0.25, 0.3) is 5.91 Å². The summed E-state index contributed by atoms with van der Waals surface area (Å²) in [5.74, 6) is 0.319. The topological polar surface area (TPSA) is 75.6 Å². The molecule has 1 fully saturated rings. The molecule has 6 heteroatoms. The average Bonchev–Trinajstić information content (AvgIpc) is 2.37. The maximum Gasteiger partial charge on any atom is 0.281 e. The molecule has 1 saturated heterocycles. The Morgan fingerprint density at radius 3 is 1.79 bits per heavy atom. The molecular weight excluding hydrogens is 248 g/mol. The predicted octanol–water partition coefficient (Wildman–Crippen LogP) is -0.855. The first-order valence-corrected chi connectivity index (χ1v) is 6.98. The minimum Gasteiger partial charge on any atom is -0.377 e. The van der Waals surface area contributed by atoms with Crippen molar-refractivity contribution in [3.8, 4) is 0 Å². The molecular formula is C13H27N2O4+. The lowest BCUT2D eigenvalue weighted by Crippen LogP contribution is -2.70. The van der Waals surface area contributed by atoms with Crippen LogP contribution < -0.4 is 5.73 Å². The first kappa shape index (κ1) is 16.4. The zero-order chi connectivity index (χ0) is 14.1. The van der Waals surface area contributed by atoms with Crippen molar-refractivity contribution in [1.82, 2.24) is 4.90 Å². The third-order valence-electron chi connectivity index (χ3n) is 3.19. The average molecular weight is 275 g/mol. The van der Waals surface area contributed by atoms with E-state index >= 15 is 0 Å². The normalized spacial score (nSPS) is 21.6. The van der Waals surface area contributed by atoms with Crippen molar-refractivity contribution in [1.29, 1.82) is 0 Å². The Hall–Kier alpha value is -0.690. The summed E-state index contributed by atoms with van der Waals surface area (Å²) in [4.78, 5) is 14.1. The molecule has 0 radical (unpaired) electrons. The lowest BCUT2D eigenvalue weighted by atomic mass is 10.0. The highest BCUT2D eigenvalue weighted by Crippen LogP contribution is 2.02. The Bertz CT molecular complexity index is 249. The van der Waals surface area contributed by atoms with Crippen molar-refractivity contribution in [3.63, 3.8) is 0 Å². The highest BCUT2D eigenvalue weighted by Gasteiger charge is 2.26. The van der Waals surface area contributed by atoms with E-state index in [9.17, 15) is 4.79 Å². The van der Waals surface area contributed by atoms with Gasteiger partial charge in [-0.2, -0.15) is 0 Å². The van der Waals surface area contributed by atoms with Crippen molar-refractivity contribution in [3.05, 3.63) is 0 Å². The standard InChI is InChI=1S/C13H26N2O4/c1-11(2)12(14)13(16)15-3-5-17-7-9-19-10-8-18-6-4-15/h11-12H,3-10,14H2,1-2H3/p+1. The molecule has 0 aromatic carbocycles. The van der Waals surface area contributed by atoms with E-state index in [0.29, 0.717) is 52.7 Å². The van der Waals surface area contributed by atoms with Gasteiger partial charge in [-0.3, -0.25) is 4.79 Å². The number of carbonyl (C=O) groups is 1.